The van der Waals surface area contributed by atoms with Crippen molar-refractivity contribution in [1.29, 1.82) is 0 Å². The molecule has 4 heteroatoms. The van der Waals surface area contributed by atoms with Gasteiger partial charge in [-0.05, 0) is 36.0 Å². The summed E-state index contributed by atoms with van der Waals surface area (Å²) in [5.74, 6) is -0.0833. The molecule has 0 N–H and O–H groups in total. The molecule has 0 saturated carbocycles. The number of carbonyl (C=O) groups excluding carboxylic acids is 1. The summed E-state index contributed by atoms with van der Waals surface area (Å²) in [6.45, 7) is 4.82. The summed E-state index contributed by atoms with van der Waals surface area (Å²) in [6.07, 6.45) is 4.86. The Balaban J connectivity index is 1.96. The zero-order valence-corrected chi connectivity index (χ0v) is 12.6. The Hall–Kier alpha value is -1.81. The van der Waals surface area contributed by atoms with E-state index in [0.29, 0.717) is 23.7 Å². The topological polar surface area (TPSA) is 46.4 Å². The van der Waals surface area contributed by atoms with Crippen LogP contribution in [0.2, 0.25) is 0 Å². The Labute approximate surface area is 125 Å². The summed E-state index contributed by atoms with van der Waals surface area (Å²) in [4.78, 5) is 23.7. The second-order valence-electron chi connectivity index (χ2n) is 5.64. The summed E-state index contributed by atoms with van der Waals surface area (Å²) in [5.41, 5.74) is 2.16. The van der Waals surface area contributed by atoms with Crippen LogP contribution < -0.4 is 0 Å². The van der Waals surface area contributed by atoms with Crippen molar-refractivity contribution in [2.75, 3.05) is 6.61 Å². The van der Waals surface area contributed by atoms with Crippen LogP contribution >= 0.6 is 0 Å². The highest BCUT2D eigenvalue weighted by Gasteiger charge is 2.33. The van der Waals surface area contributed by atoms with Gasteiger partial charge in [-0.25, -0.2) is 4.79 Å². The summed E-state index contributed by atoms with van der Waals surface area (Å²) >= 11 is 0. The molecule has 0 aliphatic carbocycles. The zero-order valence-electron chi connectivity index (χ0n) is 12.6. The Morgan fingerprint density at radius 1 is 1.29 bits per heavy atom. The van der Waals surface area contributed by atoms with Crippen LogP contribution in [0.15, 0.2) is 30.3 Å². The van der Waals surface area contributed by atoms with E-state index in [9.17, 15) is 9.70 Å². The molecule has 1 atom stereocenters. The lowest BCUT2D eigenvalue weighted by Crippen LogP contribution is -2.33. The molecule has 1 aromatic rings. The number of nitroso groups, excluding NO2 is 1. The molecule has 1 fully saturated rings. The van der Waals surface area contributed by atoms with Crippen molar-refractivity contribution in [1.82, 2.24) is 0 Å². The molecule has 1 aliphatic rings. The van der Waals surface area contributed by atoms with Gasteiger partial charge in [-0.3, -0.25) is 0 Å². The highest BCUT2D eigenvalue weighted by atomic mass is 16.5. The maximum absolute atomic E-state index is 11.9. The number of carbonyl (C=O) groups is 1. The first-order chi connectivity index (χ1) is 10.1. The average Bonchev–Trinajstić information content (AvgIpc) is 2.53. The van der Waals surface area contributed by atoms with E-state index in [-0.39, 0.29) is 0 Å². The maximum atomic E-state index is 11.9. The fraction of sp³-hybridized carbons (Fsp3) is 0.471. The Bertz CT molecular complexity index is 525. The van der Waals surface area contributed by atoms with Crippen molar-refractivity contribution in [2.24, 2.45) is 0 Å². The SMILES string of the molecule is CC(C)c1ccc(C=CC(=O)[N+](=O)C2CCCCO2)cc1. The fourth-order valence-corrected chi connectivity index (χ4v) is 2.28. The fourth-order valence-electron chi connectivity index (χ4n) is 2.28. The largest absolute Gasteiger partial charge is 0.461 e. The van der Waals surface area contributed by atoms with Crippen molar-refractivity contribution in [3.63, 3.8) is 0 Å². The van der Waals surface area contributed by atoms with Gasteiger partial charge in [-0.1, -0.05) is 38.1 Å². The molecule has 1 amide bonds. The summed E-state index contributed by atoms with van der Waals surface area (Å²) in [5, 5.41) is 0. The number of nitrogens with zero attached hydrogens (tertiary/aromatic N) is 1. The van der Waals surface area contributed by atoms with E-state index >= 15 is 0 Å². The van der Waals surface area contributed by atoms with E-state index in [4.69, 9.17) is 4.74 Å². The van der Waals surface area contributed by atoms with E-state index in [1.54, 1.807) is 6.08 Å². The van der Waals surface area contributed by atoms with Gasteiger partial charge in [0.1, 0.15) is 4.76 Å². The first-order valence-electron chi connectivity index (χ1n) is 7.48. The predicted molar refractivity (Wildman–Crippen MR) is 81.8 cm³/mol. The summed E-state index contributed by atoms with van der Waals surface area (Å²) < 4.78 is 5.76. The highest BCUT2D eigenvalue weighted by molar-refractivity contribution is 5.85. The van der Waals surface area contributed by atoms with Crippen LogP contribution in [0, 0.1) is 4.91 Å². The molecule has 0 aromatic heterocycles. The van der Waals surface area contributed by atoms with Crippen LogP contribution in [0.25, 0.3) is 6.08 Å². The Morgan fingerprint density at radius 3 is 2.57 bits per heavy atom. The smallest absolute Gasteiger partial charge is 0.318 e. The minimum absolute atomic E-state index is 0.443. The standard InChI is InChI=1S/C17H22NO3/c1-13(2)15-9-6-14(7-10-15)8-11-16(19)18(20)17-5-3-4-12-21-17/h6-11,13,17H,3-5,12H2,1-2H3/q+1. The summed E-state index contributed by atoms with van der Waals surface area (Å²) in [7, 11) is 0. The first-order valence-corrected chi connectivity index (χ1v) is 7.48. The zero-order chi connectivity index (χ0) is 15.2. The van der Waals surface area contributed by atoms with Gasteiger partial charge in [0, 0.05) is 11.3 Å². The van der Waals surface area contributed by atoms with Gasteiger partial charge >= 0.3 is 12.1 Å². The van der Waals surface area contributed by atoms with Gasteiger partial charge in [0.05, 0.1) is 12.7 Å². The molecule has 21 heavy (non-hydrogen) atoms. The van der Waals surface area contributed by atoms with Crippen LogP contribution in [0.5, 0.6) is 0 Å². The number of hydrogen-bond acceptors (Lipinski definition) is 3. The lowest BCUT2D eigenvalue weighted by atomic mass is 10.0. The van der Waals surface area contributed by atoms with Crippen molar-refractivity contribution >= 4 is 12.0 Å². The van der Waals surface area contributed by atoms with Crippen molar-refractivity contribution in [3.05, 3.63) is 46.4 Å². The van der Waals surface area contributed by atoms with Crippen LogP contribution in [0.3, 0.4) is 0 Å². The minimum Gasteiger partial charge on any atom is -0.318 e. The van der Waals surface area contributed by atoms with Crippen molar-refractivity contribution in [3.8, 4) is 0 Å². The maximum Gasteiger partial charge on any atom is 0.461 e. The lowest BCUT2D eigenvalue weighted by Gasteiger charge is -2.13. The van der Waals surface area contributed by atoms with E-state index in [1.807, 2.05) is 24.3 Å². The van der Waals surface area contributed by atoms with Crippen LogP contribution in [-0.2, 0) is 9.53 Å². The predicted octanol–water partition coefficient (Wildman–Crippen LogP) is 3.66. The van der Waals surface area contributed by atoms with Gasteiger partial charge in [0.15, 0.2) is 0 Å². The molecule has 4 nitrogen and oxygen atoms in total. The van der Waals surface area contributed by atoms with E-state index < -0.39 is 12.1 Å². The Morgan fingerprint density at radius 2 is 2.00 bits per heavy atom. The molecule has 1 aromatic carbocycles. The quantitative estimate of drug-likeness (QED) is 0.627. The molecule has 0 bridgehead atoms. The average molecular weight is 288 g/mol. The van der Waals surface area contributed by atoms with Crippen molar-refractivity contribution < 1.29 is 14.3 Å². The summed E-state index contributed by atoms with van der Waals surface area (Å²) in [6, 6.07) is 7.97. The molecule has 1 saturated heterocycles. The van der Waals surface area contributed by atoms with Gasteiger partial charge in [0.25, 0.3) is 0 Å². The molecule has 0 radical (unpaired) electrons. The van der Waals surface area contributed by atoms with Gasteiger partial charge < -0.3 is 4.74 Å². The molecular formula is C17H22NO3+. The van der Waals surface area contributed by atoms with Crippen LogP contribution in [0.4, 0.5) is 0 Å². The number of rotatable bonds is 4. The third-order valence-electron chi connectivity index (χ3n) is 3.66. The second kappa shape index (κ2) is 7.27. The first kappa shape index (κ1) is 15.6. The highest BCUT2D eigenvalue weighted by Crippen LogP contribution is 2.16. The molecule has 2 rings (SSSR count). The molecule has 1 unspecified atom stereocenters. The van der Waals surface area contributed by atoms with Gasteiger partial charge in [-0.2, -0.15) is 0 Å². The number of benzene rings is 1. The third kappa shape index (κ3) is 4.33. The lowest BCUT2D eigenvalue weighted by molar-refractivity contribution is -0.560. The molecular weight excluding hydrogens is 266 g/mol. The van der Waals surface area contributed by atoms with E-state index in [2.05, 4.69) is 13.8 Å². The number of hydrogen-bond donors (Lipinski definition) is 0. The number of ether oxygens (including phenoxy) is 1. The molecule has 0 spiro atoms. The van der Waals surface area contributed by atoms with Crippen LogP contribution in [-0.4, -0.2) is 23.5 Å². The molecule has 112 valence electrons. The van der Waals surface area contributed by atoms with Gasteiger partial charge in [0.2, 0.25) is 0 Å². The molecule has 1 heterocycles. The normalized spacial score (nSPS) is 19.1. The van der Waals surface area contributed by atoms with E-state index in [1.165, 1.54) is 11.6 Å². The molecule has 1 aliphatic heterocycles. The monoisotopic (exact) mass is 288 g/mol. The Kier molecular flexibility index (Phi) is 5.39. The number of amides is 1. The minimum atomic E-state index is -0.626. The van der Waals surface area contributed by atoms with Gasteiger partial charge in [-0.15, -0.1) is 0 Å². The second-order valence-corrected chi connectivity index (χ2v) is 5.64. The van der Waals surface area contributed by atoms with Crippen molar-refractivity contribution in [2.45, 2.75) is 45.3 Å². The van der Waals surface area contributed by atoms with E-state index in [0.717, 1.165) is 18.4 Å². The third-order valence-corrected chi connectivity index (χ3v) is 3.66. The van der Waals surface area contributed by atoms with Crippen LogP contribution in [0.1, 0.15) is 50.2 Å².